The molecule has 2 aromatic heterocycles. The predicted octanol–water partition coefficient (Wildman–Crippen LogP) is 4.24. The Bertz CT molecular complexity index is 1270. The Kier molecular flexibility index (Phi) is 6.12. The first-order valence-electron chi connectivity index (χ1n) is 11.5. The molecule has 34 heavy (non-hydrogen) atoms. The minimum absolute atomic E-state index is 0.0875. The molecule has 0 atom stereocenters. The minimum Gasteiger partial charge on any atom is -0.465 e. The molecular formula is C26H25N3O5. The Morgan fingerprint density at radius 2 is 1.91 bits per heavy atom. The van der Waals surface area contributed by atoms with Gasteiger partial charge in [0, 0.05) is 11.4 Å². The highest BCUT2D eigenvalue weighted by molar-refractivity contribution is 6.07. The molecule has 8 nitrogen and oxygen atoms in total. The van der Waals surface area contributed by atoms with E-state index < -0.39 is 24.5 Å². The summed E-state index contributed by atoms with van der Waals surface area (Å²) in [5, 5.41) is 5.68. The minimum atomic E-state index is -0.669. The summed E-state index contributed by atoms with van der Waals surface area (Å²) in [6.45, 7) is -0.544. The van der Waals surface area contributed by atoms with Gasteiger partial charge in [0.25, 0.3) is 5.91 Å². The Hall–Kier alpha value is -3.94. The van der Waals surface area contributed by atoms with Crippen LogP contribution in [0.5, 0.6) is 0 Å². The first-order valence-corrected chi connectivity index (χ1v) is 11.5. The van der Waals surface area contributed by atoms with Crippen molar-refractivity contribution in [3.8, 4) is 0 Å². The number of nitrogens with one attached hydrogen (secondary N) is 2. The number of allylic oxidation sites excluding steroid dienone is 1. The Balaban J connectivity index is 1.34. The monoisotopic (exact) mass is 459 g/mol. The number of para-hydroxylation sites is 1. The fourth-order valence-electron chi connectivity index (χ4n) is 4.71. The van der Waals surface area contributed by atoms with Gasteiger partial charge in [-0.2, -0.15) is 0 Å². The smallest absolute Gasteiger partial charge is 0.339 e. The second-order valence-corrected chi connectivity index (χ2v) is 8.60. The van der Waals surface area contributed by atoms with E-state index in [9.17, 15) is 14.4 Å². The summed E-state index contributed by atoms with van der Waals surface area (Å²) in [6.07, 6.45) is 8.83. The summed E-state index contributed by atoms with van der Waals surface area (Å²) in [6, 6.07) is 10.6. The molecule has 8 heteroatoms. The van der Waals surface area contributed by atoms with Crippen LogP contribution >= 0.6 is 0 Å². The van der Waals surface area contributed by atoms with Crippen molar-refractivity contribution < 1.29 is 23.5 Å². The van der Waals surface area contributed by atoms with E-state index in [0.29, 0.717) is 29.3 Å². The molecule has 0 radical (unpaired) electrons. The van der Waals surface area contributed by atoms with Crippen LogP contribution in [0.1, 0.15) is 59.5 Å². The van der Waals surface area contributed by atoms with Gasteiger partial charge in [-0.25, -0.2) is 14.6 Å². The van der Waals surface area contributed by atoms with Crippen molar-refractivity contribution in [2.24, 2.45) is 0 Å². The fourth-order valence-corrected chi connectivity index (χ4v) is 4.71. The van der Waals surface area contributed by atoms with Crippen molar-refractivity contribution in [3.63, 3.8) is 0 Å². The van der Waals surface area contributed by atoms with Gasteiger partial charge in [-0.3, -0.25) is 10.1 Å². The van der Waals surface area contributed by atoms with Gasteiger partial charge in [-0.1, -0.05) is 31.0 Å². The van der Waals surface area contributed by atoms with Crippen molar-refractivity contribution in [2.75, 3.05) is 6.61 Å². The molecule has 2 aliphatic carbocycles. The highest BCUT2D eigenvalue weighted by Gasteiger charge is 2.28. The summed E-state index contributed by atoms with van der Waals surface area (Å²) >= 11 is 0. The van der Waals surface area contributed by atoms with E-state index >= 15 is 0 Å². The number of imide groups is 1. The molecule has 0 saturated heterocycles. The lowest BCUT2D eigenvalue weighted by Crippen LogP contribution is -2.45. The first kappa shape index (κ1) is 21.9. The third-order valence-corrected chi connectivity index (χ3v) is 6.28. The van der Waals surface area contributed by atoms with E-state index in [-0.39, 0.29) is 6.04 Å². The number of ether oxygens (including phenoxy) is 1. The Morgan fingerprint density at radius 3 is 2.71 bits per heavy atom. The molecular weight excluding hydrogens is 434 g/mol. The molecule has 1 fully saturated rings. The van der Waals surface area contributed by atoms with E-state index in [1.807, 2.05) is 42.5 Å². The van der Waals surface area contributed by atoms with Gasteiger partial charge >= 0.3 is 12.0 Å². The predicted molar refractivity (Wildman–Crippen MR) is 126 cm³/mol. The van der Waals surface area contributed by atoms with Crippen molar-refractivity contribution in [1.29, 1.82) is 0 Å². The molecule has 1 saturated carbocycles. The number of amides is 3. The Morgan fingerprint density at radius 1 is 1.09 bits per heavy atom. The van der Waals surface area contributed by atoms with Crippen LogP contribution in [-0.4, -0.2) is 35.5 Å². The number of pyridine rings is 1. The van der Waals surface area contributed by atoms with Gasteiger partial charge in [0.1, 0.15) is 5.76 Å². The van der Waals surface area contributed by atoms with Crippen LogP contribution < -0.4 is 10.6 Å². The molecule has 2 heterocycles. The van der Waals surface area contributed by atoms with E-state index in [2.05, 4.69) is 10.6 Å². The SMILES string of the molecule is O=C(COC(=O)c1c2c(nc3ccccc13)C(=Cc1ccco1)CC2)NC(=O)NC1CCCC1. The lowest BCUT2D eigenvalue weighted by Gasteiger charge is -2.13. The third kappa shape index (κ3) is 4.57. The number of furan rings is 1. The summed E-state index contributed by atoms with van der Waals surface area (Å²) in [4.78, 5) is 42.2. The Labute approximate surface area is 196 Å². The van der Waals surface area contributed by atoms with Crippen molar-refractivity contribution in [3.05, 3.63) is 65.2 Å². The third-order valence-electron chi connectivity index (χ3n) is 6.28. The molecule has 0 aliphatic heterocycles. The molecule has 1 aromatic carbocycles. The van der Waals surface area contributed by atoms with Crippen LogP contribution in [-0.2, 0) is 16.0 Å². The topological polar surface area (TPSA) is 111 Å². The zero-order chi connectivity index (χ0) is 23.5. The summed E-state index contributed by atoms with van der Waals surface area (Å²) in [7, 11) is 0. The van der Waals surface area contributed by atoms with Crippen LogP contribution in [0.2, 0.25) is 0 Å². The normalized spacial score (nSPS) is 16.5. The zero-order valence-corrected chi connectivity index (χ0v) is 18.6. The molecule has 0 bridgehead atoms. The number of carbonyl (C=O) groups excluding carboxylic acids is 3. The van der Waals surface area contributed by atoms with E-state index in [1.165, 1.54) is 0 Å². The molecule has 3 aromatic rings. The van der Waals surface area contributed by atoms with Gasteiger partial charge < -0.3 is 14.5 Å². The van der Waals surface area contributed by atoms with E-state index in [0.717, 1.165) is 48.3 Å². The number of hydrogen-bond donors (Lipinski definition) is 2. The number of hydrogen-bond acceptors (Lipinski definition) is 6. The quantitative estimate of drug-likeness (QED) is 0.552. The van der Waals surface area contributed by atoms with Crippen LogP contribution in [0, 0.1) is 0 Å². The molecule has 0 spiro atoms. The van der Waals surface area contributed by atoms with Gasteiger partial charge in [0.15, 0.2) is 6.61 Å². The molecule has 0 unspecified atom stereocenters. The maximum absolute atomic E-state index is 13.1. The molecule has 3 amide bonds. The van der Waals surface area contributed by atoms with E-state index in [1.54, 1.807) is 6.26 Å². The summed E-state index contributed by atoms with van der Waals surface area (Å²) in [5.74, 6) is -0.563. The molecule has 5 rings (SSSR count). The number of carbonyl (C=O) groups is 3. The lowest BCUT2D eigenvalue weighted by molar-refractivity contribution is -0.123. The summed E-state index contributed by atoms with van der Waals surface area (Å²) < 4.78 is 10.8. The van der Waals surface area contributed by atoms with Gasteiger partial charge in [0.2, 0.25) is 0 Å². The average Bonchev–Trinajstić information content (AvgIpc) is 3.60. The second-order valence-electron chi connectivity index (χ2n) is 8.60. The number of urea groups is 1. The number of esters is 1. The van der Waals surface area contributed by atoms with Crippen molar-refractivity contribution in [1.82, 2.24) is 15.6 Å². The van der Waals surface area contributed by atoms with Gasteiger partial charge in [-0.15, -0.1) is 0 Å². The number of aromatic nitrogens is 1. The average molecular weight is 460 g/mol. The standard InChI is InChI=1S/C26H25N3O5/c30-22(29-26(32)27-17-6-1-2-7-17)15-34-25(31)23-19-9-3-4-10-21(19)28-24-16(11-12-20(23)24)14-18-8-5-13-33-18/h3-5,8-10,13-14,17H,1-2,6-7,11-12,15H2,(H2,27,29,30,32). The highest BCUT2D eigenvalue weighted by atomic mass is 16.5. The first-order chi connectivity index (χ1) is 16.6. The number of rotatable bonds is 5. The van der Waals surface area contributed by atoms with Crippen LogP contribution in [0.25, 0.3) is 22.6 Å². The zero-order valence-electron chi connectivity index (χ0n) is 18.6. The maximum Gasteiger partial charge on any atom is 0.339 e. The van der Waals surface area contributed by atoms with Crippen LogP contribution in [0.15, 0.2) is 47.1 Å². The summed E-state index contributed by atoms with van der Waals surface area (Å²) in [5.41, 5.74) is 3.59. The van der Waals surface area contributed by atoms with Crippen molar-refractivity contribution in [2.45, 2.75) is 44.6 Å². The van der Waals surface area contributed by atoms with Crippen LogP contribution in [0.3, 0.4) is 0 Å². The highest BCUT2D eigenvalue weighted by Crippen LogP contribution is 2.37. The molecule has 2 aliphatic rings. The maximum atomic E-state index is 13.1. The number of benzene rings is 1. The van der Waals surface area contributed by atoms with Crippen molar-refractivity contribution >= 4 is 40.5 Å². The lowest BCUT2D eigenvalue weighted by atomic mass is 10.0. The van der Waals surface area contributed by atoms with Gasteiger partial charge in [-0.05, 0) is 61.1 Å². The number of nitrogens with zero attached hydrogens (tertiary/aromatic N) is 1. The fraction of sp³-hybridized carbons (Fsp3) is 0.308. The van der Waals surface area contributed by atoms with E-state index in [4.69, 9.17) is 14.1 Å². The van der Waals surface area contributed by atoms with Crippen LogP contribution in [0.4, 0.5) is 4.79 Å². The largest absolute Gasteiger partial charge is 0.465 e. The number of fused-ring (bicyclic) bond motifs is 2. The molecule has 174 valence electrons. The van der Waals surface area contributed by atoms with Gasteiger partial charge in [0.05, 0.1) is 23.0 Å². The second kappa shape index (κ2) is 9.51. The molecule has 2 N–H and O–H groups in total.